The van der Waals surface area contributed by atoms with Gasteiger partial charge in [0.2, 0.25) is 0 Å². The summed E-state index contributed by atoms with van der Waals surface area (Å²) in [7, 11) is 0. The van der Waals surface area contributed by atoms with Crippen molar-refractivity contribution in [3.8, 4) is 0 Å². The maximum atomic E-state index is 12.3. The van der Waals surface area contributed by atoms with Crippen LogP contribution in [0.1, 0.15) is 21.7 Å². The van der Waals surface area contributed by atoms with Gasteiger partial charge in [-0.1, -0.05) is 34.1 Å². The van der Waals surface area contributed by atoms with Gasteiger partial charge in [-0.2, -0.15) is 5.10 Å². The third kappa shape index (κ3) is 2.92. The number of imidazole rings is 1. The molecule has 0 atom stereocenters. The highest BCUT2D eigenvalue weighted by molar-refractivity contribution is 9.10. The molecule has 0 unspecified atom stereocenters. The van der Waals surface area contributed by atoms with Crippen LogP contribution in [0.2, 0.25) is 0 Å². The molecular weight excluding hydrogens is 344 g/mol. The van der Waals surface area contributed by atoms with Crippen molar-refractivity contribution >= 4 is 33.7 Å². The molecule has 0 aliphatic rings. The summed E-state index contributed by atoms with van der Waals surface area (Å²) in [5, 5.41) is 4.00. The summed E-state index contributed by atoms with van der Waals surface area (Å²) < 4.78 is 2.71. The van der Waals surface area contributed by atoms with Crippen molar-refractivity contribution in [3.05, 3.63) is 70.1 Å². The molecule has 0 radical (unpaired) electrons. The zero-order valence-electron chi connectivity index (χ0n) is 11.8. The molecule has 0 aliphatic carbocycles. The van der Waals surface area contributed by atoms with Crippen molar-refractivity contribution in [3.63, 3.8) is 0 Å². The number of nitrogens with one attached hydrogen (secondary N) is 1. The fourth-order valence-electron chi connectivity index (χ4n) is 2.19. The summed E-state index contributed by atoms with van der Waals surface area (Å²) in [4.78, 5) is 16.7. The Bertz CT molecular complexity index is 869. The number of carbonyl (C=O) groups excluding carboxylic acids is 1. The topological polar surface area (TPSA) is 58.8 Å². The Morgan fingerprint density at radius 2 is 2.18 bits per heavy atom. The Hall–Kier alpha value is -2.47. The average molecular weight is 357 g/mol. The zero-order valence-corrected chi connectivity index (χ0v) is 13.4. The number of halogens is 1. The van der Waals surface area contributed by atoms with Gasteiger partial charge in [-0.25, -0.2) is 10.4 Å². The van der Waals surface area contributed by atoms with E-state index in [1.807, 2.05) is 48.7 Å². The lowest BCUT2D eigenvalue weighted by Gasteiger charge is -2.01. The first kappa shape index (κ1) is 14.5. The Balaban J connectivity index is 1.81. The third-order valence-electron chi connectivity index (χ3n) is 3.15. The van der Waals surface area contributed by atoms with Crippen LogP contribution in [0.15, 0.2) is 58.2 Å². The SMILES string of the molecule is Cc1nc2ccccn2c1C(=O)N/N=C\c1cccc(Br)c1. The monoisotopic (exact) mass is 356 g/mol. The van der Waals surface area contributed by atoms with Gasteiger partial charge < -0.3 is 0 Å². The van der Waals surface area contributed by atoms with Gasteiger partial charge in [0.1, 0.15) is 11.3 Å². The molecule has 1 aromatic carbocycles. The number of nitrogens with zero attached hydrogens (tertiary/aromatic N) is 3. The fourth-order valence-corrected chi connectivity index (χ4v) is 2.61. The molecule has 2 aromatic heterocycles. The third-order valence-corrected chi connectivity index (χ3v) is 3.64. The highest BCUT2D eigenvalue weighted by atomic mass is 79.9. The Morgan fingerprint density at radius 1 is 1.32 bits per heavy atom. The molecule has 0 fully saturated rings. The van der Waals surface area contributed by atoms with Crippen LogP contribution in [0.3, 0.4) is 0 Å². The molecule has 1 N–H and O–H groups in total. The zero-order chi connectivity index (χ0) is 15.5. The predicted molar refractivity (Wildman–Crippen MR) is 89.1 cm³/mol. The number of fused-ring (bicyclic) bond motifs is 1. The van der Waals surface area contributed by atoms with E-state index in [0.717, 1.165) is 15.7 Å². The molecule has 3 aromatic rings. The summed E-state index contributed by atoms with van der Waals surface area (Å²) in [5.74, 6) is -0.289. The number of hydrazone groups is 1. The first-order valence-corrected chi connectivity index (χ1v) is 7.47. The second-order valence-corrected chi connectivity index (χ2v) is 5.64. The Kier molecular flexibility index (Phi) is 4.02. The van der Waals surface area contributed by atoms with Crippen molar-refractivity contribution in [2.45, 2.75) is 6.92 Å². The van der Waals surface area contributed by atoms with E-state index in [2.05, 4.69) is 31.4 Å². The van der Waals surface area contributed by atoms with Crippen molar-refractivity contribution in [2.24, 2.45) is 5.10 Å². The van der Waals surface area contributed by atoms with Crippen molar-refractivity contribution < 1.29 is 4.79 Å². The van der Waals surface area contributed by atoms with Crippen molar-refractivity contribution in [1.29, 1.82) is 0 Å². The van der Waals surface area contributed by atoms with E-state index in [4.69, 9.17) is 0 Å². The lowest BCUT2D eigenvalue weighted by atomic mass is 10.2. The molecule has 0 spiro atoms. The molecule has 22 heavy (non-hydrogen) atoms. The van der Waals surface area contributed by atoms with Gasteiger partial charge in [-0.05, 0) is 36.8 Å². The van der Waals surface area contributed by atoms with Crippen molar-refractivity contribution in [2.75, 3.05) is 0 Å². The molecular formula is C16H13BrN4O. The van der Waals surface area contributed by atoms with E-state index in [1.165, 1.54) is 0 Å². The number of aromatic nitrogens is 2. The number of benzene rings is 1. The van der Waals surface area contributed by atoms with Gasteiger partial charge >= 0.3 is 0 Å². The quantitative estimate of drug-likeness (QED) is 0.578. The minimum Gasteiger partial charge on any atom is -0.295 e. The van der Waals surface area contributed by atoms with Gasteiger partial charge in [-0.15, -0.1) is 0 Å². The molecule has 0 saturated carbocycles. The largest absolute Gasteiger partial charge is 0.295 e. The van der Waals surface area contributed by atoms with E-state index in [-0.39, 0.29) is 5.91 Å². The number of carbonyl (C=O) groups is 1. The number of amides is 1. The van der Waals surface area contributed by atoms with Gasteiger partial charge in [-0.3, -0.25) is 9.20 Å². The molecule has 0 aliphatic heterocycles. The van der Waals surface area contributed by atoms with Gasteiger partial charge in [0.15, 0.2) is 0 Å². The van der Waals surface area contributed by atoms with Gasteiger partial charge in [0.25, 0.3) is 5.91 Å². The lowest BCUT2D eigenvalue weighted by molar-refractivity contribution is 0.0948. The summed E-state index contributed by atoms with van der Waals surface area (Å²) in [6.07, 6.45) is 3.41. The molecule has 6 heteroatoms. The highest BCUT2D eigenvalue weighted by Gasteiger charge is 2.15. The molecule has 3 rings (SSSR count). The minimum absolute atomic E-state index is 0.289. The van der Waals surface area contributed by atoms with Crippen LogP contribution in [0.5, 0.6) is 0 Å². The number of hydrogen-bond acceptors (Lipinski definition) is 3. The van der Waals surface area contributed by atoms with Crippen LogP contribution in [0.4, 0.5) is 0 Å². The van der Waals surface area contributed by atoms with Gasteiger partial charge in [0, 0.05) is 10.7 Å². The van der Waals surface area contributed by atoms with Crippen LogP contribution >= 0.6 is 15.9 Å². The van der Waals surface area contributed by atoms with Crippen LogP contribution in [0, 0.1) is 6.92 Å². The molecule has 0 bridgehead atoms. The van der Waals surface area contributed by atoms with Crippen LogP contribution < -0.4 is 5.43 Å². The average Bonchev–Trinajstić information content (AvgIpc) is 2.83. The second-order valence-electron chi connectivity index (χ2n) is 4.73. The van der Waals surface area contributed by atoms with Gasteiger partial charge in [0.05, 0.1) is 11.9 Å². The number of rotatable bonds is 3. The Morgan fingerprint density at radius 3 is 3.00 bits per heavy atom. The molecule has 5 nitrogen and oxygen atoms in total. The number of aryl methyl sites for hydroxylation is 1. The van der Waals surface area contributed by atoms with Crippen LogP contribution in [-0.2, 0) is 0 Å². The summed E-state index contributed by atoms with van der Waals surface area (Å²) in [5.41, 5.74) is 5.33. The van der Waals surface area contributed by atoms with E-state index in [1.54, 1.807) is 17.5 Å². The maximum absolute atomic E-state index is 12.3. The summed E-state index contributed by atoms with van der Waals surface area (Å²) in [6, 6.07) is 13.2. The molecule has 0 saturated heterocycles. The Labute approximate surface area is 135 Å². The second kappa shape index (κ2) is 6.11. The summed E-state index contributed by atoms with van der Waals surface area (Å²) >= 11 is 3.39. The molecule has 1 amide bonds. The van der Waals surface area contributed by atoms with Crippen LogP contribution in [-0.4, -0.2) is 21.5 Å². The number of hydrogen-bond donors (Lipinski definition) is 1. The van der Waals surface area contributed by atoms with E-state index in [0.29, 0.717) is 11.4 Å². The first-order chi connectivity index (χ1) is 10.6. The maximum Gasteiger partial charge on any atom is 0.290 e. The van der Waals surface area contributed by atoms with Crippen molar-refractivity contribution in [1.82, 2.24) is 14.8 Å². The smallest absolute Gasteiger partial charge is 0.290 e. The lowest BCUT2D eigenvalue weighted by Crippen LogP contribution is -2.20. The molecule has 110 valence electrons. The number of pyridine rings is 1. The van der Waals surface area contributed by atoms with E-state index in [9.17, 15) is 4.79 Å². The van der Waals surface area contributed by atoms with Crippen LogP contribution in [0.25, 0.3) is 5.65 Å². The standard InChI is InChI=1S/C16H13BrN4O/c1-11-15(21-8-3-2-7-14(21)19-11)16(22)20-18-10-12-5-4-6-13(17)9-12/h2-10H,1H3,(H,20,22)/b18-10-. The van der Waals surface area contributed by atoms with E-state index >= 15 is 0 Å². The normalized spacial score (nSPS) is 11.2. The fraction of sp³-hybridized carbons (Fsp3) is 0.0625. The first-order valence-electron chi connectivity index (χ1n) is 6.68. The summed E-state index contributed by atoms with van der Waals surface area (Å²) in [6.45, 7) is 1.81. The highest BCUT2D eigenvalue weighted by Crippen LogP contribution is 2.12. The van der Waals surface area contributed by atoms with E-state index < -0.39 is 0 Å². The predicted octanol–water partition coefficient (Wildman–Crippen LogP) is 3.17. The molecule has 2 heterocycles. The minimum atomic E-state index is -0.289.